The molecule has 0 spiro atoms. The van der Waals surface area contributed by atoms with Gasteiger partial charge in [-0.3, -0.25) is 4.79 Å². The minimum atomic E-state index is 0.0318. The van der Waals surface area contributed by atoms with Crippen LogP contribution in [0.3, 0.4) is 0 Å². The lowest BCUT2D eigenvalue weighted by Gasteiger charge is -2.26. The van der Waals surface area contributed by atoms with Crippen LogP contribution < -0.4 is 5.73 Å². The molecule has 0 radical (unpaired) electrons. The lowest BCUT2D eigenvalue weighted by atomic mass is 10.2. The fourth-order valence-electron chi connectivity index (χ4n) is 1.16. The summed E-state index contributed by atoms with van der Waals surface area (Å²) in [7, 11) is 0. The molecule has 0 rings (SSSR count). The summed E-state index contributed by atoms with van der Waals surface area (Å²) in [6.45, 7) is 6.81. The summed E-state index contributed by atoms with van der Waals surface area (Å²) >= 11 is 4.69. The van der Waals surface area contributed by atoms with Gasteiger partial charge in [0.1, 0.15) is 0 Å². The summed E-state index contributed by atoms with van der Waals surface area (Å²) in [4.78, 5) is 13.6. The fraction of sp³-hybridized carbons (Fsp3) is 0.778. The maximum atomic E-state index is 11.5. The minimum absolute atomic E-state index is 0.0318. The van der Waals surface area contributed by atoms with E-state index in [1.807, 2.05) is 20.8 Å². The van der Waals surface area contributed by atoms with Crippen molar-refractivity contribution in [3.05, 3.63) is 0 Å². The lowest BCUT2D eigenvalue weighted by Crippen LogP contribution is -2.39. The van der Waals surface area contributed by atoms with Gasteiger partial charge >= 0.3 is 0 Å². The van der Waals surface area contributed by atoms with Gasteiger partial charge in [-0.05, 0) is 20.3 Å². The highest BCUT2D eigenvalue weighted by Gasteiger charge is 2.15. The number of hydrogen-bond donors (Lipinski definition) is 1. The van der Waals surface area contributed by atoms with E-state index in [0.717, 1.165) is 13.0 Å². The average Bonchev–Trinajstić information content (AvgIpc) is 1.97. The molecule has 0 saturated heterocycles. The van der Waals surface area contributed by atoms with Gasteiger partial charge in [0.25, 0.3) is 0 Å². The van der Waals surface area contributed by atoms with Crippen molar-refractivity contribution in [2.75, 3.05) is 6.54 Å². The molecule has 0 bridgehead atoms. The molecule has 0 aliphatic rings. The van der Waals surface area contributed by atoms with Crippen LogP contribution in [0.4, 0.5) is 0 Å². The molecule has 0 aromatic carbocycles. The van der Waals surface area contributed by atoms with Crippen molar-refractivity contribution in [2.24, 2.45) is 5.73 Å². The monoisotopic (exact) mass is 202 g/mol. The highest BCUT2D eigenvalue weighted by Crippen LogP contribution is 2.02. The molecule has 3 nitrogen and oxygen atoms in total. The Balaban J connectivity index is 4.19. The number of nitrogens with two attached hydrogens (primary N) is 1. The molecule has 2 N–H and O–H groups in total. The van der Waals surface area contributed by atoms with E-state index in [0.29, 0.717) is 0 Å². The third-order valence-electron chi connectivity index (χ3n) is 1.73. The summed E-state index contributed by atoms with van der Waals surface area (Å²) in [6, 6.07) is 0.224. The normalized spacial score (nSPS) is 10.2. The third kappa shape index (κ3) is 4.83. The Labute approximate surface area is 85.3 Å². The molecule has 1 amide bonds. The van der Waals surface area contributed by atoms with E-state index in [2.05, 4.69) is 0 Å². The van der Waals surface area contributed by atoms with Gasteiger partial charge in [0, 0.05) is 12.6 Å². The minimum Gasteiger partial charge on any atom is -0.393 e. The Kier molecular flexibility index (Phi) is 5.62. The quantitative estimate of drug-likeness (QED) is 0.684. The van der Waals surface area contributed by atoms with Crippen molar-refractivity contribution >= 4 is 23.1 Å². The van der Waals surface area contributed by atoms with Crippen LogP contribution in [0.5, 0.6) is 0 Å². The largest absolute Gasteiger partial charge is 0.393 e. The summed E-state index contributed by atoms with van der Waals surface area (Å²) in [5.74, 6) is 0.0318. The van der Waals surface area contributed by atoms with Crippen LogP contribution in [0.15, 0.2) is 0 Å². The molecule has 13 heavy (non-hydrogen) atoms. The molecule has 0 aliphatic carbocycles. The molecule has 4 heteroatoms. The summed E-state index contributed by atoms with van der Waals surface area (Å²) in [5, 5.41) is 0. The topological polar surface area (TPSA) is 46.3 Å². The molecule has 76 valence electrons. The summed E-state index contributed by atoms with van der Waals surface area (Å²) < 4.78 is 0. The molecule has 0 aromatic rings. The maximum absolute atomic E-state index is 11.5. The zero-order valence-electron chi connectivity index (χ0n) is 8.54. The number of rotatable bonds is 5. The Bertz CT molecular complexity index is 192. The molecular weight excluding hydrogens is 184 g/mol. The maximum Gasteiger partial charge on any atom is 0.229 e. The summed E-state index contributed by atoms with van der Waals surface area (Å²) in [6.07, 6.45) is 1.15. The molecule has 0 aliphatic heterocycles. The number of amides is 1. The number of thiocarbonyl (C=S) groups is 1. The van der Waals surface area contributed by atoms with Crippen molar-refractivity contribution in [3.8, 4) is 0 Å². The third-order valence-corrected chi connectivity index (χ3v) is 1.88. The van der Waals surface area contributed by atoms with Crippen LogP contribution >= 0.6 is 12.2 Å². The highest BCUT2D eigenvalue weighted by atomic mass is 32.1. The van der Waals surface area contributed by atoms with Crippen molar-refractivity contribution in [3.63, 3.8) is 0 Å². The van der Waals surface area contributed by atoms with Gasteiger partial charge in [0.05, 0.1) is 11.4 Å². The first-order chi connectivity index (χ1) is 5.99. The first-order valence-corrected chi connectivity index (χ1v) is 4.97. The van der Waals surface area contributed by atoms with Gasteiger partial charge in [-0.2, -0.15) is 0 Å². The predicted octanol–water partition coefficient (Wildman–Crippen LogP) is 1.31. The van der Waals surface area contributed by atoms with Gasteiger partial charge in [-0.15, -0.1) is 0 Å². The van der Waals surface area contributed by atoms with Gasteiger partial charge in [0.15, 0.2) is 0 Å². The number of carbonyl (C=O) groups excluding carboxylic acids is 1. The average molecular weight is 202 g/mol. The second-order valence-corrected chi connectivity index (χ2v) is 3.85. The molecule has 0 aromatic heterocycles. The van der Waals surface area contributed by atoms with Crippen LogP contribution in [0.1, 0.15) is 33.6 Å². The molecule has 0 fully saturated rings. The molecule has 0 atom stereocenters. The van der Waals surface area contributed by atoms with E-state index in [-0.39, 0.29) is 23.4 Å². The zero-order valence-corrected chi connectivity index (χ0v) is 9.36. The van der Waals surface area contributed by atoms with E-state index >= 15 is 0 Å². The standard InChI is InChI=1S/C9H18N2OS/c1-4-5-11(7(2)3)9(12)6-8(10)13/h7H,4-6H2,1-3H3,(H2,10,13). The Hall–Kier alpha value is -0.640. The zero-order chi connectivity index (χ0) is 10.4. The lowest BCUT2D eigenvalue weighted by molar-refractivity contribution is -0.131. The van der Waals surface area contributed by atoms with Gasteiger partial charge in [-0.25, -0.2) is 0 Å². The van der Waals surface area contributed by atoms with Gasteiger partial charge in [-0.1, -0.05) is 19.1 Å². The Morgan fingerprint density at radius 3 is 2.38 bits per heavy atom. The fourth-order valence-corrected chi connectivity index (χ4v) is 1.29. The van der Waals surface area contributed by atoms with Crippen LogP contribution in [-0.4, -0.2) is 28.4 Å². The van der Waals surface area contributed by atoms with Crippen molar-refractivity contribution in [1.82, 2.24) is 4.90 Å². The number of nitrogens with zero attached hydrogens (tertiary/aromatic N) is 1. The van der Waals surface area contributed by atoms with E-state index in [1.165, 1.54) is 0 Å². The van der Waals surface area contributed by atoms with Gasteiger partial charge < -0.3 is 10.6 Å². The first-order valence-electron chi connectivity index (χ1n) is 4.56. The molecule has 0 unspecified atom stereocenters. The Morgan fingerprint density at radius 2 is 2.08 bits per heavy atom. The Morgan fingerprint density at radius 1 is 1.54 bits per heavy atom. The van der Waals surface area contributed by atoms with Crippen molar-refractivity contribution < 1.29 is 4.79 Å². The second-order valence-electron chi connectivity index (χ2n) is 3.32. The van der Waals surface area contributed by atoms with E-state index in [9.17, 15) is 4.79 Å². The van der Waals surface area contributed by atoms with E-state index < -0.39 is 0 Å². The SMILES string of the molecule is CCCN(C(=O)CC(N)=S)C(C)C. The number of hydrogen-bond acceptors (Lipinski definition) is 2. The van der Waals surface area contributed by atoms with Gasteiger partial charge in [0.2, 0.25) is 5.91 Å². The van der Waals surface area contributed by atoms with Crippen LogP contribution in [-0.2, 0) is 4.79 Å². The van der Waals surface area contributed by atoms with Crippen molar-refractivity contribution in [2.45, 2.75) is 39.7 Å². The molecule has 0 heterocycles. The second kappa shape index (κ2) is 5.91. The van der Waals surface area contributed by atoms with Crippen molar-refractivity contribution in [1.29, 1.82) is 0 Å². The highest BCUT2D eigenvalue weighted by molar-refractivity contribution is 7.80. The molecular formula is C9H18N2OS. The first kappa shape index (κ1) is 12.4. The summed E-state index contributed by atoms with van der Waals surface area (Å²) in [5.41, 5.74) is 5.31. The predicted molar refractivity (Wildman–Crippen MR) is 58.5 cm³/mol. The van der Waals surface area contributed by atoms with E-state index in [1.54, 1.807) is 4.90 Å². The van der Waals surface area contributed by atoms with Crippen LogP contribution in [0, 0.1) is 0 Å². The molecule has 0 saturated carbocycles. The van der Waals surface area contributed by atoms with Crippen LogP contribution in [0.2, 0.25) is 0 Å². The number of carbonyl (C=O) groups is 1. The van der Waals surface area contributed by atoms with Crippen LogP contribution in [0.25, 0.3) is 0 Å². The smallest absolute Gasteiger partial charge is 0.229 e. The van der Waals surface area contributed by atoms with E-state index in [4.69, 9.17) is 18.0 Å².